The lowest BCUT2D eigenvalue weighted by atomic mass is 10.0. The third-order valence-corrected chi connectivity index (χ3v) is 3.33. The van der Waals surface area contributed by atoms with Crippen molar-refractivity contribution in [2.75, 3.05) is 0 Å². The van der Waals surface area contributed by atoms with Gasteiger partial charge >= 0.3 is 0 Å². The smallest absolute Gasteiger partial charge is 0.123 e. The average molecular weight is 255 g/mol. The maximum absolute atomic E-state index is 13.2. The average Bonchev–Trinajstić information content (AvgIpc) is 2.44. The molecule has 2 rings (SSSR count). The predicted molar refractivity (Wildman–Crippen MR) is 79.4 cm³/mol. The predicted octanol–water partition coefficient (Wildman–Crippen LogP) is 5.43. The molecule has 0 aromatic heterocycles. The van der Waals surface area contributed by atoms with Crippen LogP contribution in [-0.2, 0) is 6.42 Å². The fraction of sp³-hybridized carbons (Fsp3) is 0.278. The zero-order valence-electron chi connectivity index (χ0n) is 11.2. The first-order valence-corrected chi connectivity index (χ1v) is 6.94. The largest absolute Gasteiger partial charge is 0.207 e. The van der Waals surface area contributed by atoms with Crippen LogP contribution < -0.4 is 0 Å². The molecule has 2 aromatic rings. The lowest BCUT2D eigenvalue weighted by Gasteiger charge is -2.05. The first-order valence-electron chi connectivity index (χ1n) is 6.94. The Balaban J connectivity index is 1.98. The van der Waals surface area contributed by atoms with Crippen LogP contribution in [0.3, 0.4) is 0 Å². The van der Waals surface area contributed by atoms with E-state index in [0.29, 0.717) is 0 Å². The molecule has 0 heterocycles. The van der Waals surface area contributed by atoms with Crippen molar-refractivity contribution in [3.05, 3.63) is 66.8 Å². The fourth-order valence-corrected chi connectivity index (χ4v) is 2.21. The molecule has 0 saturated carbocycles. The Morgan fingerprint density at radius 1 is 0.842 bits per heavy atom. The first-order chi connectivity index (χ1) is 9.29. The van der Waals surface area contributed by atoms with E-state index in [0.717, 1.165) is 24.0 Å². The fourth-order valence-electron chi connectivity index (χ4n) is 2.21. The first kappa shape index (κ1) is 13.8. The summed E-state index contributed by atoms with van der Waals surface area (Å²) >= 11 is 0. The van der Waals surface area contributed by atoms with Crippen molar-refractivity contribution in [3.63, 3.8) is 0 Å². The van der Waals surface area contributed by atoms with Crippen molar-refractivity contribution in [1.82, 2.24) is 0 Å². The van der Waals surface area contributed by atoms with Crippen LogP contribution in [0.5, 0.6) is 0 Å². The van der Waals surface area contributed by atoms with E-state index in [-0.39, 0.29) is 5.82 Å². The Bertz CT molecular complexity index is 499. The summed E-state index contributed by atoms with van der Waals surface area (Å²) in [6.45, 7) is 3.85. The SMILES string of the molecule is [CH2]CCCCCc1ccc(-c2cccc(F)c2)cc1. The summed E-state index contributed by atoms with van der Waals surface area (Å²) in [5.41, 5.74) is 3.36. The van der Waals surface area contributed by atoms with Gasteiger partial charge in [-0.15, -0.1) is 0 Å². The summed E-state index contributed by atoms with van der Waals surface area (Å²) < 4.78 is 13.2. The molecule has 0 aliphatic heterocycles. The number of unbranched alkanes of at least 4 members (excludes halogenated alkanes) is 3. The summed E-state index contributed by atoms with van der Waals surface area (Å²) in [7, 11) is 0. The summed E-state index contributed by atoms with van der Waals surface area (Å²) in [4.78, 5) is 0. The van der Waals surface area contributed by atoms with E-state index < -0.39 is 0 Å². The lowest BCUT2D eigenvalue weighted by molar-refractivity contribution is 0.628. The highest BCUT2D eigenvalue weighted by molar-refractivity contribution is 5.63. The highest BCUT2D eigenvalue weighted by Gasteiger charge is 2.00. The van der Waals surface area contributed by atoms with Crippen LogP contribution in [0.25, 0.3) is 11.1 Å². The number of halogens is 1. The van der Waals surface area contributed by atoms with Crippen molar-refractivity contribution < 1.29 is 4.39 Å². The molecule has 0 atom stereocenters. The Hall–Kier alpha value is -1.63. The number of aryl methyl sites for hydroxylation is 1. The van der Waals surface area contributed by atoms with E-state index >= 15 is 0 Å². The van der Waals surface area contributed by atoms with E-state index in [1.165, 1.54) is 30.9 Å². The maximum atomic E-state index is 13.2. The summed E-state index contributed by atoms with van der Waals surface area (Å²) in [5, 5.41) is 0. The molecule has 0 N–H and O–H groups in total. The van der Waals surface area contributed by atoms with E-state index in [2.05, 4.69) is 31.2 Å². The van der Waals surface area contributed by atoms with Crippen molar-refractivity contribution in [1.29, 1.82) is 0 Å². The maximum Gasteiger partial charge on any atom is 0.123 e. The molecule has 19 heavy (non-hydrogen) atoms. The normalized spacial score (nSPS) is 10.6. The number of benzene rings is 2. The molecule has 0 fully saturated rings. The summed E-state index contributed by atoms with van der Waals surface area (Å²) in [6, 6.07) is 15.2. The van der Waals surface area contributed by atoms with E-state index in [1.807, 2.05) is 6.07 Å². The molecule has 0 aliphatic carbocycles. The van der Waals surface area contributed by atoms with Crippen molar-refractivity contribution in [2.45, 2.75) is 32.1 Å². The van der Waals surface area contributed by atoms with Gasteiger partial charge in [-0.1, -0.05) is 62.6 Å². The van der Waals surface area contributed by atoms with Gasteiger partial charge < -0.3 is 0 Å². The minimum Gasteiger partial charge on any atom is -0.207 e. The van der Waals surface area contributed by atoms with Gasteiger partial charge in [0.2, 0.25) is 0 Å². The Labute approximate surface area is 115 Å². The van der Waals surface area contributed by atoms with Gasteiger partial charge in [0.05, 0.1) is 0 Å². The van der Waals surface area contributed by atoms with Crippen molar-refractivity contribution >= 4 is 0 Å². The van der Waals surface area contributed by atoms with E-state index in [1.54, 1.807) is 12.1 Å². The van der Waals surface area contributed by atoms with Crippen LogP contribution in [0.2, 0.25) is 0 Å². The molecular formula is C18H20F. The Morgan fingerprint density at radius 3 is 2.32 bits per heavy atom. The second-order valence-corrected chi connectivity index (χ2v) is 4.87. The molecule has 0 nitrogen and oxygen atoms in total. The zero-order valence-corrected chi connectivity index (χ0v) is 11.2. The van der Waals surface area contributed by atoms with Crippen LogP contribution in [0.1, 0.15) is 31.2 Å². The van der Waals surface area contributed by atoms with Gasteiger partial charge in [0.25, 0.3) is 0 Å². The van der Waals surface area contributed by atoms with E-state index in [4.69, 9.17) is 0 Å². The third kappa shape index (κ3) is 4.20. The van der Waals surface area contributed by atoms with Crippen LogP contribution in [0.4, 0.5) is 4.39 Å². The summed E-state index contributed by atoms with van der Waals surface area (Å²) in [6.07, 6.45) is 5.81. The van der Waals surface area contributed by atoms with Gasteiger partial charge in [0, 0.05) is 0 Å². The highest BCUT2D eigenvalue weighted by Crippen LogP contribution is 2.21. The molecule has 1 radical (unpaired) electrons. The zero-order chi connectivity index (χ0) is 13.5. The number of hydrogen-bond donors (Lipinski definition) is 0. The monoisotopic (exact) mass is 255 g/mol. The van der Waals surface area contributed by atoms with Gasteiger partial charge in [0.1, 0.15) is 5.82 Å². The second-order valence-electron chi connectivity index (χ2n) is 4.87. The molecule has 2 aromatic carbocycles. The van der Waals surface area contributed by atoms with Crippen LogP contribution in [-0.4, -0.2) is 0 Å². The number of rotatable bonds is 6. The Morgan fingerprint density at radius 2 is 1.63 bits per heavy atom. The molecule has 0 aliphatic rings. The molecule has 0 bridgehead atoms. The van der Waals surface area contributed by atoms with Gasteiger partial charge in [0.15, 0.2) is 0 Å². The topological polar surface area (TPSA) is 0 Å². The van der Waals surface area contributed by atoms with Gasteiger partial charge in [-0.3, -0.25) is 0 Å². The molecule has 0 spiro atoms. The standard InChI is InChI=1S/C18H20F/c1-2-3-4-5-7-15-10-12-16(13-11-15)17-8-6-9-18(19)14-17/h6,8-14H,1-5,7H2. The highest BCUT2D eigenvalue weighted by atomic mass is 19.1. The quantitative estimate of drug-likeness (QED) is 0.604. The van der Waals surface area contributed by atoms with Gasteiger partial charge in [-0.05, 0) is 41.7 Å². The molecule has 1 heteroatoms. The third-order valence-electron chi connectivity index (χ3n) is 3.33. The van der Waals surface area contributed by atoms with Gasteiger partial charge in [-0.25, -0.2) is 4.39 Å². The lowest BCUT2D eigenvalue weighted by Crippen LogP contribution is -1.86. The van der Waals surface area contributed by atoms with Gasteiger partial charge in [-0.2, -0.15) is 0 Å². The number of hydrogen-bond acceptors (Lipinski definition) is 0. The van der Waals surface area contributed by atoms with E-state index in [9.17, 15) is 4.39 Å². The van der Waals surface area contributed by atoms with Crippen LogP contribution in [0.15, 0.2) is 48.5 Å². The van der Waals surface area contributed by atoms with Crippen LogP contribution >= 0.6 is 0 Å². The molecule has 99 valence electrons. The summed E-state index contributed by atoms with van der Waals surface area (Å²) in [5.74, 6) is -0.185. The molecule has 0 amide bonds. The molecule has 0 saturated heterocycles. The molecular weight excluding hydrogens is 235 g/mol. The minimum atomic E-state index is -0.185. The second kappa shape index (κ2) is 7.08. The van der Waals surface area contributed by atoms with Crippen molar-refractivity contribution in [2.24, 2.45) is 0 Å². The Kier molecular flexibility index (Phi) is 5.14. The minimum absolute atomic E-state index is 0.185. The van der Waals surface area contributed by atoms with Crippen LogP contribution in [0, 0.1) is 12.7 Å². The molecule has 0 unspecified atom stereocenters. The van der Waals surface area contributed by atoms with Crippen molar-refractivity contribution in [3.8, 4) is 11.1 Å².